The standard InChI is InChI=1S/C7H10O4/c8-6(9)7(10)3-4-1-2-5(7)11-4/h4-5,10H,1-3H2,(H,8,9)/t4-,5+,7+/m0/s1. The van der Waals surface area contributed by atoms with E-state index >= 15 is 0 Å². The van der Waals surface area contributed by atoms with Crippen molar-refractivity contribution in [3.05, 3.63) is 0 Å². The minimum atomic E-state index is -1.59. The summed E-state index contributed by atoms with van der Waals surface area (Å²) >= 11 is 0. The van der Waals surface area contributed by atoms with Crippen molar-refractivity contribution in [2.24, 2.45) is 0 Å². The van der Waals surface area contributed by atoms with E-state index in [1.54, 1.807) is 0 Å². The van der Waals surface area contributed by atoms with Crippen LogP contribution in [0.4, 0.5) is 0 Å². The molecule has 11 heavy (non-hydrogen) atoms. The summed E-state index contributed by atoms with van der Waals surface area (Å²) in [6, 6.07) is 0. The summed E-state index contributed by atoms with van der Waals surface area (Å²) in [7, 11) is 0. The first kappa shape index (κ1) is 7.06. The molecule has 0 saturated carbocycles. The molecule has 2 bridgehead atoms. The number of carbonyl (C=O) groups is 1. The maximum Gasteiger partial charge on any atom is 0.338 e. The lowest BCUT2D eigenvalue weighted by molar-refractivity contribution is -0.163. The predicted octanol–water partition coefficient (Wildman–Crippen LogP) is -0.247. The Morgan fingerprint density at radius 1 is 1.55 bits per heavy atom. The van der Waals surface area contributed by atoms with Crippen molar-refractivity contribution in [3.63, 3.8) is 0 Å². The van der Waals surface area contributed by atoms with Crippen LogP contribution in [0.5, 0.6) is 0 Å². The van der Waals surface area contributed by atoms with Gasteiger partial charge in [-0.25, -0.2) is 4.79 Å². The first-order chi connectivity index (χ1) is 5.13. The molecule has 0 spiro atoms. The first-order valence-corrected chi connectivity index (χ1v) is 3.74. The van der Waals surface area contributed by atoms with Gasteiger partial charge in [0, 0.05) is 6.42 Å². The lowest BCUT2D eigenvalue weighted by Gasteiger charge is -2.24. The summed E-state index contributed by atoms with van der Waals surface area (Å²) in [5, 5.41) is 18.2. The Bertz CT molecular complexity index is 203. The molecule has 0 aliphatic carbocycles. The number of hydrogen-bond donors (Lipinski definition) is 2. The number of aliphatic carboxylic acids is 1. The van der Waals surface area contributed by atoms with E-state index in [-0.39, 0.29) is 12.5 Å². The fourth-order valence-corrected chi connectivity index (χ4v) is 1.91. The molecule has 3 atom stereocenters. The second kappa shape index (κ2) is 1.95. The summed E-state index contributed by atoms with van der Waals surface area (Å²) in [6.07, 6.45) is 1.33. The molecule has 0 aromatic heterocycles. The molecule has 4 heteroatoms. The minimum Gasteiger partial charge on any atom is -0.479 e. The van der Waals surface area contributed by atoms with Gasteiger partial charge in [0.1, 0.15) is 0 Å². The van der Waals surface area contributed by atoms with E-state index in [0.29, 0.717) is 6.42 Å². The number of hydrogen-bond acceptors (Lipinski definition) is 3. The van der Waals surface area contributed by atoms with Crippen molar-refractivity contribution in [2.45, 2.75) is 37.1 Å². The molecule has 2 heterocycles. The number of ether oxygens (including phenoxy) is 1. The van der Waals surface area contributed by atoms with Gasteiger partial charge in [-0.3, -0.25) is 0 Å². The van der Waals surface area contributed by atoms with Gasteiger partial charge in [0.05, 0.1) is 12.2 Å². The van der Waals surface area contributed by atoms with Crippen molar-refractivity contribution >= 4 is 5.97 Å². The maximum atomic E-state index is 10.6. The van der Waals surface area contributed by atoms with E-state index in [1.165, 1.54) is 0 Å². The molecule has 0 radical (unpaired) electrons. The second-order valence-corrected chi connectivity index (χ2v) is 3.26. The summed E-state index contributed by atoms with van der Waals surface area (Å²) in [5.74, 6) is -1.15. The van der Waals surface area contributed by atoms with Crippen LogP contribution in [0.15, 0.2) is 0 Å². The Labute approximate surface area is 63.8 Å². The molecule has 2 aliphatic rings. The molecule has 0 unspecified atom stereocenters. The van der Waals surface area contributed by atoms with Crippen LogP contribution in [-0.2, 0) is 9.53 Å². The number of carboxylic acids is 1. The number of rotatable bonds is 1. The Balaban J connectivity index is 2.23. The Morgan fingerprint density at radius 2 is 2.27 bits per heavy atom. The number of aliphatic hydroxyl groups is 1. The van der Waals surface area contributed by atoms with Gasteiger partial charge < -0.3 is 14.9 Å². The molecule has 0 aromatic carbocycles. The van der Waals surface area contributed by atoms with Crippen LogP contribution in [0.1, 0.15) is 19.3 Å². The van der Waals surface area contributed by atoms with Crippen molar-refractivity contribution in [3.8, 4) is 0 Å². The maximum absolute atomic E-state index is 10.6. The van der Waals surface area contributed by atoms with Crippen molar-refractivity contribution < 1.29 is 19.7 Å². The molecular weight excluding hydrogens is 148 g/mol. The molecule has 2 rings (SSSR count). The minimum absolute atomic E-state index is 0.0268. The van der Waals surface area contributed by atoms with Crippen molar-refractivity contribution in [1.82, 2.24) is 0 Å². The fourth-order valence-electron chi connectivity index (χ4n) is 1.91. The monoisotopic (exact) mass is 158 g/mol. The molecule has 0 amide bonds. The third-order valence-electron chi connectivity index (χ3n) is 2.55. The molecule has 4 nitrogen and oxygen atoms in total. The van der Waals surface area contributed by atoms with E-state index in [9.17, 15) is 9.90 Å². The highest BCUT2D eigenvalue weighted by Crippen LogP contribution is 2.41. The van der Waals surface area contributed by atoms with E-state index in [4.69, 9.17) is 9.84 Å². The molecular formula is C7H10O4. The molecule has 62 valence electrons. The zero-order valence-electron chi connectivity index (χ0n) is 5.99. The van der Waals surface area contributed by atoms with Crippen LogP contribution < -0.4 is 0 Å². The quantitative estimate of drug-likeness (QED) is 0.552. The smallest absolute Gasteiger partial charge is 0.338 e. The van der Waals surface area contributed by atoms with E-state index in [1.807, 2.05) is 0 Å². The third kappa shape index (κ3) is 0.795. The second-order valence-electron chi connectivity index (χ2n) is 3.26. The molecule has 2 N–H and O–H groups in total. The largest absolute Gasteiger partial charge is 0.479 e. The van der Waals surface area contributed by atoms with Gasteiger partial charge in [0.2, 0.25) is 0 Å². The van der Waals surface area contributed by atoms with Crippen LogP contribution in [0, 0.1) is 0 Å². The van der Waals surface area contributed by atoms with E-state index in [0.717, 1.165) is 6.42 Å². The highest BCUT2D eigenvalue weighted by Gasteiger charge is 2.56. The van der Waals surface area contributed by atoms with Gasteiger partial charge in [-0.2, -0.15) is 0 Å². The lowest BCUT2D eigenvalue weighted by atomic mass is 9.85. The highest BCUT2D eigenvalue weighted by molar-refractivity contribution is 5.78. The van der Waals surface area contributed by atoms with E-state index in [2.05, 4.69) is 0 Å². The highest BCUT2D eigenvalue weighted by atomic mass is 16.5. The van der Waals surface area contributed by atoms with Crippen molar-refractivity contribution in [2.75, 3.05) is 0 Å². The first-order valence-electron chi connectivity index (χ1n) is 3.74. The molecule has 2 saturated heterocycles. The number of carboxylic acid groups (broad SMARTS) is 1. The zero-order valence-corrected chi connectivity index (χ0v) is 5.99. The van der Waals surface area contributed by atoms with Gasteiger partial charge in [-0.15, -0.1) is 0 Å². The SMILES string of the molecule is O=C(O)[C@@]1(O)C[C@@H]2CC[C@H]1O2. The van der Waals surface area contributed by atoms with E-state index < -0.39 is 17.7 Å². The summed E-state index contributed by atoms with van der Waals surface area (Å²) in [5.41, 5.74) is -1.59. The average molecular weight is 158 g/mol. The van der Waals surface area contributed by atoms with Gasteiger partial charge >= 0.3 is 5.97 Å². The summed E-state index contributed by atoms with van der Waals surface area (Å²) < 4.78 is 5.22. The van der Waals surface area contributed by atoms with Gasteiger partial charge in [-0.1, -0.05) is 0 Å². The predicted molar refractivity (Wildman–Crippen MR) is 35.1 cm³/mol. The van der Waals surface area contributed by atoms with Crippen LogP contribution in [-0.4, -0.2) is 34.0 Å². The topological polar surface area (TPSA) is 66.8 Å². The van der Waals surface area contributed by atoms with Crippen molar-refractivity contribution in [1.29, 1.82) is 0 Å². The van der Waals surface area contributed by atoms with Crippen LogP contribution >= 0.6 is 0 Å². The summed E-state index contributed by atoms with van der Waals surface area (Å²) in [4.78, 5) is 10.6. The average Bonchev–Trinajstić information content (AvgIpc) is 2.45. The Morgan fingerprint density at radius 3 is 2.55 bits per heavy atom. The van der Waals surface area contributed by atoms with Gasteiger partial charge in [0.15, 0.2) is 5.60 Å². The van der Waals surface area contributed by atoms with Gasteiger partial charge in [-0.05, 0) is 12.8 Å². The van der Waals surface area contributed by atoms with Gasteiger partial charge in [0.25, 0.3) is 0 Å². The number of fused-ring (bicyclic) bond motifs is 2. The third-order valence-corrected chi connectivity index (χ3v) is 2.55. The molecule has 2 fully saturated rings. The fraction of sp³-hybridized carbons (Fsp3) is 0.857. The Kier molecular flexibility index (Phi) is 1.25. The summed E-state index contributed by atoms with van der Waals surface area (Å²) in [6.45, 7) is 0. The normalized spacial score (nSPS) is 48.1. The van der Waals surface area contributed by atoms with Crippen LogP contribution in [0.3, 0.4) is 0 Å². The van der Waals surface area contributed by atoms with Crippen LogP contribution in [0.2, 0.25) is 0 Å². The molecule has 0 aromatic rings. The zero-order chi connectivity index (χ0) is 8.06. The Hall–Kier alpha value is -0.610. The lowest BCUT2D eigenvalue weighted by Crippen LogP contribution is -2.47. The van der Waals surface area contributed by atoms with Crippen LogP contribution in [0.25, 0.3) is 0 Å². The molecule has 2 aliphatic heterocycles.